The number of nitrogens with zero attached hydrogens (tertiary/aromatic N) is 4. The van der Waals surface area contributed by atoms with Gasteiger partial charge in [-0.25, -0.2) is 4.98 Å². The van der Waals surface area contributed by atoms with Crippen molar-refractivity contribution in [3.05, 3.63) is 18.7 Å². The third kappa shape index (κ3) is 2.39. The first-order valence-electron chi connectivity index (χ1n) is 7.63. The first kappa shape index (κ1) is 13.4. The molecular weight excluding hydrogens is 284 g/mol. The zero-order chi connectivity index (χ0) is 14.9. The van der Waals surface area contributed by atoms with Crippen LogP contribution in [-0.2, 0) is 9.53 Å². The minimum atomic E-state index is -0.0336. The highest BCUT2D eigenvalue weighted by molar-refractivity contribution is 5.78. The Kier molecular flexibility index (Phi) is 3.38. The van der Waals surface area contributed by atoms with E-state index in [1.165, 1.54) is 0 Å². The van der Waals surface area contributed by atoms with E-state index < -0.39 is 0 Å². The van der Waals surface area contributed by atoms with Gasteiger partial charge in [0.25, 0.3) is 0 Å². The topological polar surface area (TPSA) is 93.4 Å². The number of carbonyl (C=O) groups excluding carboxylic acids is 1. The van der Waals surface area contributed by atoms with Crippen LogP contribution < -0.4 is 10.6 Å². The number of amides is 1. The van der Waals surface area contributed by atoms with E-state index >= 15 is 0 Å². The maximum Gasteiger partial charge on any atom is 0.220 e. The summed E-state index contributed by atoms with van der Waals surface area (Å²) in [5, 5.41) is 14.5. The van der Waals surface area contributed by atoms with Crippen molar-refractivity contribution in [2.75, 3.05) is 11.9 Å². The number of nitrogens with one attached hydrogen (secondary N) is 2. The van der Waals surface area contributed by atoms with E-state index in [1.807, 2.05) is 4.40 Å². The second kappa shape index (κ2) is 5.53. The molecule has 8 nitrogen and oxygen atoms in total. The lowest BCUT2D eigenvalue weighted by Gasteiger charge is -2.36. The molecule has 4 heterocycles. The third-order valence-electron chi connectivity index (χ3n) is 4.35. The van der Waals surface area contributed by atoms with Crippen LogP contribution in [0.25, 0.3) is 5.65 Å². The van der Waals surface area contributed by atoms with Gasteiger partial charge in [-0.1, -0.05) is 0 Å². The zero-order valence-corrected chi connectivity index (χ0v) is 12.1. The minimum absolute atomic E-state index is 0.0336. The molecule has 0 spiro atoms. The van der Waals surface area contributed by atoms with Crippen molar-refractivity contribution >= 4 is 17.4 Å². The Morgan fingerprint density at radius 3 is 3.23 bits per heavy atom. The van der Waals surface area contributed by atoms with Crippen molar-refractivity contribution in [1.82, 2.24) is 24.9 Å². The van der Waals surface area contributed by atoms with Crippen LogP contribution in [0.5, 0.6) is 0 Å². The van der Waals surface area contributed by atoms with Gasteiger partial charge in [0.05, 0.1) is 18.2 Å². The first-order chi connectivity index (χ1) is 10.8. The molecule has 22 heavy (non-hydrogen) atoms. The Morgan fingerprint density at radius 1 is 1.41 bits per heavy atom. The van der Waals surface area contributed by atoms with Gasteiger partial charge in [-0.15, -0.1) is 10.2 Å². The lowest BCUT2D eigenvalue weighted by atomic mass is 9.92. The average Bonchev–Trinajstić information content (AvgIpc) is 3.20. The number of hydrogen-bond acceptors (Lipinski definition) is 6. The summed E-state index contributed by atoms with van der Waals surface area (Å²) in [5.74, 6) is 0.774. The zero-order valence-electron chi connectivity index (χ0n) is 12.1. The number of carbonyl (C=O) groups is 1. The van der Waals surface area contributed by atoms with E-state index in [4.69, 9.17) is 4.74 Å². The van der Waals surface area contributed by atoms with Crippen LogP contribution in [0.15, 0.2) is 18.7 Å². The Hall–Kier alpha value is -2.22. The van der Waals surface area contributed by atoms with Crippen molar-refractivity contribution in [1.29, 1.82) is 0 Å². The lowest BCUT2D eigenvalue weighted by molar-refractivity contribution is -0.124. The number of aromatic nitrogens is 4. The molecule has 0 radical (unpaired) electrons. The van der Waals surface area contributed by atoms with Gasteiger partial charge < -0.3 is 15.4 Å². The van der Waals surface area contributed by atoms with Crippen LogP contribution in [0.4, 0.5) is 5.82 Å². The fraction of sp³-hybridized carbons (Fsp3) is 0.571. The van der Waals surface area contributed by atoms with Crippen LogP contribution >= 0.6 is 0 Å². The molecule has 2 aromatic rings. The number of ether oxygens (including phenoxy) is 1. The van der Waals surface area contributed by atoms with E-state index in [0.717, 1.165) is 25.9 Å². The van der Waals surface area contributed by atoms with E-state index in [1.54, 1.807) is 18.7 Å². The molecule has 0 aliphatic carbocycles. The quantitative estimate of drug-likeness (QED) is 0.850. The summed E-state index contributed by atoms with van der Waals surface area (Å²) >= 11 is 0. The van der Waals surface area contributed by atoms with Crippen molar-refractivity contribution < 1.29 is 9.53 Å². The fourth-order valence-corrected chi connectivity index (χ4v) is 3.26. The van der Waals surface area contributed by atoms with Crippen molar-refractivity contribution in [2.45, 2.75) is 43.9 Å². The number of hydrogen-bond donors (Lipinski definition) is 2. The molecule has 0 aromatic carbocycles. The first-order valence-corrected chi connectivity index (χ1v) is 7.63. The molecule has 2 aliphatic rings. The molecule has 2 aliphatic heterocycles. The van der Waals surface area contributed by atoms with Crippen molar-refractivity contribution in [2.24, 2.45) is 0 Å². The van der Waals surface area contributed by atoms with Gasteiger partial charge in [0.2, 0.25) is 11.6 Å². The fourth-order valence-electron chi connectivity index (χ4n) is 3.26. The van der Waals surface area contributed by atoms with Gasteiger partial charge in [-0.3, -0.25) is 9.20 Å². The normalized spacial score (nSPS) is 28.7. The number of anilines is 1. The molecule has 0 bridgehead atoms. The molecule has 3 atom stereocenters. The van der Waals surface area contributed by atoms with Gasteiger partial charge in [-0.05, 0) is 19.3 Å². The Bertz CT molecular complexity index is 681. The smallest absolute Gasteiger partial charge is 0.220 e. The van der Waals surface area contributed by atoms with E-state index in [2.05, 4.69) is 25.8 Å². The molecule has 0 saturated carbocycles. The largest absolute Gasteiger partial charge is 0.376 e. The van der Waals surface area contributed by atoms with Gasteiger partial charge in [0.1, 0.15) is 6.33 Å². The predicted octanol–water partition coefficient (Wildman–Crippen LogP) is 0.362. The van der Waals surface area contributed by atoms with Gasteiger partial charge >= 0.3 is 0 Å². The summed E-state index contributed by atoms with van der Waals surface area (Å²) in [6.45, 7) is 0.766. The Balaban J connectivity index is 1.59. The maximum atomic E-state index is 11.8. The molecule has 2 N–H and O–H groups in total. The van der Waals surface area contributed by atoms with Crippen LogP contribution in [0.3, 0.4) is 0 Å². The molecule has 1 amide bonds. The summed E-state index contributed by atoms with van der Waals surface area (Å²) in [7, 11) is 0. The molecule has 2 saturated heterocycles. The molecule has 116 valence electrons. The van der Waals surface area contributed by atoms with Gasteiger partial charge in [0.15, 0.2) is 5.82 Å². The standard InChI is InChI=1S/C14H18N6O2/c21-11-4-3-9(12(18-11)10-2-1-7-22-10)17-13-14-19-16-8-20(14)6-5-15-13/h5-6,8-10,12H,1-4,7H2,(H,15,17)(H,18,21)/t9-,10?,12-/m0/s1. The second-order valence-electron chi connectivity index (χ2n) is 5.77. The highest BCUT2D eigenvalue weighted by Crippen LogP contribution is 2.25. The van der Waals surface area contributed by atoms with Gasteiger partial charge in [-0.2, -0.15) is 0 Å². The Labute approximate surface area is 127 Å². The number of fused-ring (bicyclic) bond motifs is 1. The molecular formula is C14H18N6O2. The van der Waals surface area contributed by atoms with Crippen molar-refractivity contribution in [3.8, 4) is 0 Å². The summed E-state index contributed by atoms with van der Waals surface area (Å²) < 4.78 is 7.59. The molecule has 8 heteroatoms. The number of piperidine rings is 1. The highest BCUT2D eigenvalue weighted by atomic mass is 16.5. The minimum Gasteiger partial charge on any atom is -0.376 e. The van der Waals surface area contributed by atoms with Crippen molar-refractivity contribution in [3.63, 3.8) is 0 Å². The van der Waals surface area contributed by atoms with Crippen LogP contribution in [0.1, 0.15) is 25.7 Å². The summed E-state index contributed by atoms with van der Waals surface area (Å²) in [4.78, 5) is 16.1. The highest BCUT2D eigenvalue weighted by Gasteiger charge is 2.37. The monoisotopic (exact) mass is 302 g/mol. The van der Waals surface area contributed by atoms with E-state index in [0.29, 0.717) is 17.9 Å². The van der Waals surface area contributed by atoms with Crippen LogP contribution in [0.2, 0.25) is 0 Å². The van der Waals surface area contributed by atoms with E-state index in [-0.39, 0.29) is 24.1 Å². The summed E-state index contributed by atoms with van der Waals surface area (Å²) in [6, 6.07) is 0.0462. The maximum absolute atomic E-state index is 11.8. The molecule has 4 rings (SSSR count). The molecule has 2 fully saturated rings. The second-order valence-corrected chi connectivity index (χ2v) is 5.77. The number of rotatable bonds is 3. The summed E-state index contributed by atoms with van der Waals surface area (Å²) in [6.07, 6.45) is 8.51. The molecule has 2 aromatic heterocycles. The SMILES string of the molecule is O=C1CC[C@H](Nc2nccn3cnnc23)[C@@H](C2CCCO2)N1. The third-order valence-corrected chi connectivity index (χ3v) is 4.35. The molecule has 1 unspecified atom stereocenters. The lowest BCUT2D eigenvalue weighted by Crippen LogP contribution is -2.56. The van der Waals surface area contributed by atoms with Gasteiger partial charge in [0, 0.05) is 25.4 Å². The average molecular weight is 302 g/mol. The Morgan fingerprint density at radius 2 is 2.36 bits per heavy atom. The van der Waals surface area contributed by atoms with Crippen LogP contribution in [-0.4, -0.2) is 50.3 Å². The summed E-state index contributed by atoms with van der Waals surface area (Å²) in [5.41, 5.74) is 0.686. The predicted molar refractivity (Wildman–Crippen MR) is 78.3 cm³/mol. The van der Waals surface area contributed by atoms with Crippen LogP contribution in [0, 0.1) is 0 Å². The van der Waals surface area contributed by atoms with E-state index in [9.17, 15) is 4.79 Å².